The van der Waals surface area contributed by atoms with E-state index in [9.17, 15) is 19.5 Å². The number of rotatable bonds is 12. The van der Waals surface area contributed by atoms with Crippen molar-refractivity contribution in [3.8, 4) is 5.75 Å². The number of unbranched alkanes of at least 4 members (excludes halogenated alkanes) is 3. The number of likely N-dealkylation sites (tertiary alicyclic amines) is 1. The Hall–Kier alpha value is -2.91. The van der Waals surface area contributed by atoms with Crippen LogP contribution in [0.1, 0.15) is 45.4 Å². The number of aliphatic carboxylic acids is 1. The van der Waals surface area contributed by atoms with Crippen molar-refractivity contribution < 1.29 is 34.1 Å². The van der Waals surface area contributed by atoms with Gasteiger partial charge in [0, 0.05) is 25.4 Å². The maximum atomic E-state index is 14.3. The van der Waals surface area contributed by atoms with Crippen molar-refractivity contribution in [2.75, 3.05) is 31.7 Å². The van der Waals surface area contributed by atoms with Crippen molar-refractivity contribution in [2.45, 2.75) is 62.7 Å². The lowest BCUT2D eigenvalue weighted by atomic mass is 9.66. The Morgan fingerprint density at radius 3 is 2.53 bits per heavy atom. The monoisotopic (exact) mass is 500 g/mol. The lowest BCUT2D eigenvalue weighted by molar-refractivity contribution is -0.154. The molecule has 3 aliphatic heterocycles. The highest BCUT2D eigenvalue weighted by molar-refractivity contribution is 6.04. The summed E-state index contributed by atoms with van der Waals surface area (Å²) < 4.78 is 11.7. The van der Waals surface area contributed by atoms with Crippen LogP contribution in [-0.4, -0.2) is 76.9 Å². The summed E-state index contributed by atoms with van der Waals surface area (Å²) in [7, 11) is 1.57. The minimum Gasteiger partial charge on any atom is -0.497 e. The second-order valence-electron chi connectivity index (χ2n) is 10.2. The molecule has 1 aromatic carbocycles. The van der Waals surface area contributed by atoms with Crippen molar-refractivity contribution in [2.24, 2.45) is 11.8 Å². The SMILES string of the molecule is C=CCN(C(=O)C1N(CCCCCCO)C(=O)[C@@H]2[C@@H](C(=O)O)[C@@]3(C)CCC12O3)c1ccc(OC)cc1. The number of hydrogen-bond donors (Lipinski definition) is 2. The van der Waals surface area contributed by atoms with E-state index in [1.165, 1.54) is 0 Å². The first kappa shape index (κ1) is 26.2. The van der Waals surface area contributed by atoms with Gasteiger partial charge in [-0.3, -0.25) is 14.4 Å². The zero-order valence-corrected chi connectivity index (χ0v) is 21.0. The highest BCUT2D eigenvalue weighted by Gasteiger charge is 2.78. The van der Waals surface area contributed by atoms with Gasteiger partial charge in [0.15, 0.2) is 0 Å². The number of aliphatic hydroxyl groups is 1. The van der Waals surface area contributed by atoms with Gasteiger partial charge in [-0.15, -0.1) is 6.58 Å². The first-order valence-corrected chi connectivity index (χ1v) is 12.6. The van der Waals surface area contributed by atoms with Crippen LogP contribution in [0.25, 0.3) is 0 Å². The molecule has 36 heavy (non-hydrogen) atoms. The Kier molecular flexibility index (Phi) is 7.43. The van der Waals surface area contributed by atoms with E-state index in [0.29, 0.717) is 43.7 Å². The molecule has 5 atom stereocenters. The van der Waals surface area contributed by atoms with Gasteiger partial charge in [0.1, 0.15) is 17.4 Å². The molecule has 9 heteroatoms. The fourth-order valence-electron chi connectivity index (χ4n) is 6.43. The number of carbonyl (C=O) groups excluding carboxylic acids is 2. The summed E-state index contributed by atoms with van der Waals surface area (Å²) in [5.41, 5.74) is -1.53. The van der Waals surface area contributed by atoms with Crippen molar-refractivity contribution in [3.63, 3.8) is 0 Å². The van der Waals surface area contributed by atoms with Gasteiger partial charge in [-0.1, -0.05) is 18.9 Å². The maximum Gasteiger partial charge on any atom is 0.310 e. The number of fused-ring (bicyclic) bond motifs is 1. The summed E-state index contributed by atoms with van der Waals surface area (Å²) in [5.74, 6) is -2.93. The van der Waals surface area contributed by atoms with E-state index < -0.39 is 35.0 Å². The summed E-state index contributed by atoms with van der Waals surface area (Å²) in [6.07, 6.45) is 5.48. The lowest BCUT2D eigenvalue weighted by Crippen LogP contribution is -2.56. The normalized spacial score (nSPS) is 30.4. The Balaban J connectivity index is 1.71. The van der Waals surface area contributed by atoms with Gasteiger partial charge in [0.05, 0.1) is 24.5 Å². The zero-order valence-electron chi connectivity index (χ0n) is 21.0. The van der Waals surface area contributed by atoms with Crippen LogP contribution < -0.4 is 9.64 Å². The predicted molar refractivity (Wildman–Crippen MR) is 133 cm³/mol. The number of hydrogen-bond acceptors (Lipinski definition) is 6. The molecule has 2 amide bonds. The minimum absolute atomic E-state index is 0.111. The summed E-state index contributed by atoms with van der Waals surface area (Å²) in [4.78, 5) is 43.5. The standard InChI is InChI=1S/C27H36N2O7/c1-4-15-28(18-9-11-19(35-3)12-10-18)24(32)22-27-14-13-26(2,36-27)21(25(33)34)20(27)23(31)29(22)16-7-5-6-8-17-30/h4,9-12,20-22,30H,1,5-8,13-17H2,2-3H3,(H,33,34)/t20-,21-,22?,26+,27?/m0/s1. The average molecular weight is 501 g/mol. The molecular formula is C27H36N2O7. The molecule has 3 saturated heterocycles. The molecule has 0 saturated carbocycles. The summed E-state index contributed by atoms with van der Waals surface area (Å²) in [6, 6.07) is 6.15. The van der Waals surface area contributed by atoms with Crippen molar-refractivity contribution in [1.82, 2.24) is 4.90 Å². The molecule has 3 heterocycles. The molecule has 196 valence electrons. The summed E-state index contributed by atoms with van der Waals surface area (Å²) in [5, 5.41) is 19.1. The lowest BCUT2D eigenvalue weighted by Gasteiger charge is -2.37. The van der Waals surface area contributed by atoms with Crippen LogP contribution in [0.2, 0.25) is 0 Å². The maximum absolute atomic E-state index is 14.3. The highest BCUT2D eigenvalue weighted by Crippen LogP contribution is 2.63. The first-order chi connectivity index (χ1) is 17.2. The third kappa shape index (κ3) is 4.18. The van der Waals surface area contributed by atoms with Gasteiger partial charge in [0.25, 0.3) is 5.91 Å². The molecule has 2 N–H and O–H groups in total. The molecule has 1 spiro atoms. The van der Waals surface area contributed by atoms with Crippen LogP contribution in [0.3, 0.4) is 0 Å². The molecule has 9 nitrogen and oxygen atoms in total. The van der Waals surface area contributed by atoms with Gasteiger partial charge < -0.3 is 29.5 Å². The number of carbonyl (C=O) groups is 3. The number of ether oxygens (including phenoxy) is 2. The Morgan fingerprint density at radius 2 is 1.92 bits per heavy atom. The van der Waals surface area contributed by atoms with Gasteiger partial charge >= 0.3 is 5.97 Å². The number of carboxylic acids is 1. The van der Waals surface area contributed by atoms with Crippen LogP contribution in [0.4, 0.5) is 5.69 Å². The second kappa shape index (κ2) is 10.2. The quantitative estimate of drug-likeness (QED) is 0.335. The average Bonchev–Trinajstić information content (AvgIpc) is 3.43. The van der Waals surface area contributed by atoms with Crippen molar-refractivity contribution in [1.29, 1.82) is 0 Å². The number of carboxylic acid groups (broad SMARTS) is 1. The van der Waals surface area contributed by atoms with E-state index in [-0.39, 0.29) is 25.0 Å². The van der Waals surface area contributed by atoms with Crippen LogP contribution >= 0.6 is 0 Å². The molecule has 0 radical (unpaired) electrons. The fourth-order valence-corrected chi connectivity index (χ4v) is 6.43. The van der Waals surface area contributed by atoms with Crippen LogP contribution in [0.15, 0.2) is 36.9 Å². The van der Waals surface area contributed by atoms with Crippen LogP contribution in [0.5, 0.6) is 5.75 Å². The summed E-state index contributed by atoms with van der Waals surface area (Å²) >= 11 is 0. The zero-order chi connectivity index (χ0) is 26.1. The van der Waals surface area contributed by atoms with E-state index in [0.717, 1.165) is 12.8 Å². The van der Waals surface area contributed by atoms with E-state index >= 15 is 0 Å². The fraction of sp³-hybridized carbons (Fsp3) is 0.593. The molecule has 2 unspecified atom stereocenters. The number of amides is 2. The number of anilines is 1. The first-order valence-electron chi connectivity index (χ1n) is 12.6. The van der Waals surface area contributed by atoms with E-state index in [4.69, 9.17) is 14.6 Å². The Bertz CT molecular complexity index is 1010. The second-order valence-corrected chi connectivity index (χ2v) is 10.2. The third-order valence-electron chi connectivity index (χ3n) is 8.05. The molecular weight excluding hydrogens is 464 g/mol. The predicted octanol–water partition coefficient (Wildman–Crippen LogP) is 2.62. The van der Waals surface area contributed by atoms with Gasteiger partial charge in [-0.2, -0.15) is 0 Å². The molecule has 1 aromatic rings. The summed E-state index contributed by atoms with van der Waals surface area (Å²) in [6.45, 7) is 6.22. The molecule has 0 aliphatic carbocycles. The van der Waals surface area contributed by atoms with Gasteiger partial charge in [-0.25, -0.2) is 0 Å². The largest absolute Gasteiger partial charge is 0.497 e. The number of methoxy groups -OCH3 is 1. The molecule has 0 aromatic heterocycles. The minimum atomic E-state index is -1.18. The molecule has 3 fully saturated rings. The van der Waals surface area contributed by atoms with Crippen molar-refractivity contribution in [3.05, 3.63) is 36.9 Å². The molecule has 2 bridgehead atoms. The van der Waals surface area contributed by atoms with E-state index in [1.54, 1.807) is 54.2 Å². The van der Waals surface area contributed by atoms with Gasteiger partial charge in [0.2, 0.25) is 5.91 Å². The highest BCUT2D eigenvalue weighted by atomic mass is 16.5. The number of aliphatic hydroxyl groups excluding tert-OH is 1. The smallest absolute Gasteiger partial charge is 0.310 e. The third-order valence-corrected chi connectivity index (χ3v) is 8.05. The topological polar surface area (TPSA) is 117 Å². The molecule has 4 rings (SSSR count). The van der Waals surface area contributed by atoms with Gasteiger partial charge in [-0.05, 0) is 56.9 Å². The van der Waals surface area contributed by atoms with Crippen LogP contribution in [0, 0.1) is 11.8 Å². The Morgan fingerprint density at radius 1 is 1.22 bits per heavy atom. The number of benzene rings is 1. The number of nitrogens with zero attached hydrogens (tertiary/aromatic N) is 2. The van der Waals surface area contributed by atoms with Crippen LogP contribution in [-0.2, 0) is 19.1 Å². The Labute approximate surface area is 211 Å². The van der Waals surface area contributed by atoms with E-state index in [1.807, 2.05) is 0 Å². The van der Waals surface area contributed by atoms with Crippen molar-refractivity contribution >= 4 is 23.5 Å². The van der Waals surface area contributed by atoms with E-state index in [2.05, 4.69) is 6.58 Å². The molecule has 3 aliphatic rings.